The molecule has 0 unspecified atom stereocenters. The first-order valence-electron chi connectivity index (χ1n) is 4.79. The van der Waals surface area contributed by atoms with E-state index in [2.05, 4.69) is 18.4 Å². The molecule has 0 aliphatic carbocycles. The first kappa shape index (κ1) is 11.7. The Morgan fingerprint density at radius 2 is 2.00 bits per heavy atom. The van der Waals surface area contributed by atoms with Crippen molar-refractivity contribution >= 4 is 0 Å². The molecule has 0 saturated carbocycles. The van der Waals surface area contributed by atoms with Gasteiger partial charge in [-0.25, -0.2) is 0 Å². The zero-order chi connectivity index (χ0) is 9.23. The molecule has 2 heteroatoms. The van der Waals surface area contributed by atoms with Crippen molar-refractivity contribution in [2.75, 3.05) is 26.2 Å². The lowest BCUT2D eigenvalue weighted by Gasteiger charge is -2.18. The summed E-state index contributed by atoms with van der Waals surface area (Å²) in [7, 11) is 0. The van der Waals surface area contributed by atoms with Crippen LogP contribution in [-0.2, 0) is 0 Å². The second-order valence-corrected chi connectivity index (χ2v) is 2.94. The van der Waals surface area contributed by atoms with E-state index in [9.17, 15) is 0 Å². The van der Waals surface area contributed by atoms with E-state index < -0.39 is 0 Å². The van der Waals surface area contributed by atoms with Crippen molar-refractivity contribution in [1.82, 2.24) is 4.90 Å². The molecule has 0 radical (unpaired) electrons. The summed E-state index contributed by atoms with van der Waals surface area (Å²) in [5.74, 6) is 0. The largest absolute Gasteiger partial charge is 0.396 e. The van der Waals surface area contributed by atoms with Crippen LogP contribution in [0.3, 0.4) is 0 Å². The van der Waals surface area contributed by atoms with Crippen LogP contribution >= 0.6 is 0 Å². The quantitative estimate of drug-likeness (QED) is 0.443. The predicted molar refractivity (Wildman–Crippen MR) is 53.2 cm³/mol. The molecule has 0 fully saturated rings. The first-order chi connectivity index (χ1) is 5.85. The van der Waals surface area contributed by atoms with Crippen LogP contribution in [0.2, 0.25) is 0 Å². The highest BCUT2D eigenvalue weighted by atomic mass is 16.3. The van der Waals surface area contributed by atoms with Crippen molar-refractivity contribution < 1.29 is 5.11 Å². The molecule has 1 N–H and O–H groups in total. The Morgan fingerprint density at radius 1 is 1.33 bits per heavy atom. The maximum atomic E-state index is 8.64. The van der Waals surface area contributed by atoms with Gasteiger partial charge in [-0.3, -0.25) is 0 Å². The number of hydrogen-bond acceptors (Lipinski definition) is 2. The van der Waals surface area contributed by atoms with Crippen molar-refractivity contribution in [1.29, 1.82) is 0 Å². The van der Waals surface area contributed by atoms with Gasteiger partial charge in [0.25, 0.3) is 0 Å². The standard InChI is InChI=1S/C10H21NO/c1-3-5-6-8-11(4-2)9-7-10-12/h3,12H,1,4-10H2,2H3. The zero-order valence-corrected chi connectivity index (χ0v) is 8.13. The van der Waals surface area contributed by atoms with Crippen molar-refractivity contribution in [2.45, 2.75) is 26.2 Å². The molecular weight excluding hydrogens is 150 g/mol. The number of allylic oxidation sites excluding steroid dienone is 1. The van der Waals surface area contributed by atoms with Crippen molar-refractivity contribution in [3.05, 3.63) is 12.7 Å². The summed E-state index contributed by atoms with van der Waals surface area (Å²) in [5, 5.41) is 8.64. The third-order valence-corrected chi connectivity index (χ3v) is 1.96. The van der Waals surface area contributed by atoms with Gasteiger partial charge in [-0.1, -0.05) is 13.0 Å². The minimum absolute atomic E-state index is 0.304. The van der Waals surface area contributed by atoms with Gasteiger partial charge in [-0.15, -0.1) is 6.58 Å². The fourth-order valence-electron chi connectivity index (χ4n) is 1.18. The van der Waals surface area contributed by atoms with E-state index in [1.54, 1.807) is 0 Å². The van der Waals surface area contributed by atoms with Gasteiger partial charge in [0.05, 0.1) is 0 Å². The Labute approximate surface area is 75.9 Å². The van der Waals surface area contributed by atoms with Gasteiger partial charge in [0.1, 0.15) is 0 Å². The van der Waals surface area contributed by atoms with Gasteiger partial charge in [-0.05, 0) is 32.4 Å². The average Bonchev–Trinajstić information content (AvgIpc) is 2.11. The van der Waals surface area contributed by atoms with Crippen LogP contribution in [0.25, 0.3) is 0 Å². The molecule has 0 aromatic rings. The van der Waals surface area contributed by atoms with Crippen LogP contribution in [0.5, 0.6) is 0 Å². The fraction of sp³-hybridized carbons (Fsp3) is 0.800. The second-order valence-electron chi connectivity index (χ2n) is 2.94. The Balaban J connectivity index is 3.32. The van der Waals surface area contributed by atoms with E-state index in [0.717, 1.165) is 32.5 Å². The van der Waals surface area contributed by atoms with Crippen LogP contribution in [-0.4, -0.2) is 36.2 Å². The van der Waals surface area contributed by atoms with Crippen molar-refractivity contribution in [3.63, 3.8) is 0 Å². The summed E-state index contributed by atoms with van der Waals surface area (Å²) in [6, 6.07) is 0. The second kappa shape index (κ2) is 8.75. The third kappa shape index (κ3) is 6.38. The summed E-state index contributed by atoms with van der Waals surface area (Å²) in [6.07, 6.45) is 5.13. The number of aliphatic hydroxyl groups excluding tert-OH is 1. The Kier molecular flexibility index (Phi) is 8.51. The van der Waals surface area contributed by atoms with Crippen LogP contribution in [0, 0.1) is 0 Å². The molecule has 0 rings (SSSR count). The molecular formula is C10H21NO. The lowest BCUT2D eigenvalue weighted by Crippen LogP contribution is -2.26. The van der Waals surface area contributed by atoms with Crippen LogP contribution < -0.4 is 0 Å². The summed E-state index contributed by atoms with van der Waals surface area (Å²) in [5.41, 5.74) is 0. The zero-order valence-electron chi connectivity index (χ0n) is 8.13. The molecule has 0 aromatic carbocycles. The number of nitrogens with zero attached hydrogens (tertiary/aromatic N) is 1. The van der Waals surface area contributed by atoms with Crippen LogP contribution in [0.4, 0.5) is 0 Å². The molecule has 12 heavy (non-hydrogen) atoms. The lowest BCUT2D eigenvalue weighted by atomic mass is 10.3. The topological polar surface area (TPSA) is 23.5 Å². The Bertz CT molecular complexity index is 104. The minimum Gasteiger partial charge on any atom is -0.396 e. The highest BCUT2D eigenvalue weighted by Gasteiger charge is 1.99. The molecule has 0 aliphatic heterocycles. The van der Waals surface area contributed by atoms with Gasteiger partial charge in [0.2, 0.25) is 0 Å². The molecule has 2 nitrogen and oxygen atoms in total. The maximum absolute atomic E-state index is 8.64. The third-order valence-electron chi connectivity index (χ3n) is 1.96. The summed E-state index contributed by atoms with van der Waals surface area (Å²) >= 11 is 0. The van der Waals surface area contributed by atoms with Gasteiger partial charge < -0.3 is 10.0 Å². The molecule has 0 bridgehead atoms. The molecule has 0 atom stereocenters. The van der Waals surface area contributed by atoms with Gasteiger partial charge in [0.15, 0.2) is 0 Å². The maximum Gasteiger partial charge on any atom is 0.0443 e. The number of hydrogen-bond donors (Lipinski definition) is 1. The van der Waals surface area contributed by atoms with Gasteiger partial charge in [0, 0.05) is 13.2 Å². The molecule has 0 aromatic heterocycles. The normalized spacial score (nSPS) is 10.6. The molecule has 0 heterocycles. The van der Waals surface area contributed by atoms with E-state index >= 15 is 0 Å². The summed E-state index contributed by atoms with van der Waals surface area (Å²) in [6.45, 7) is 9.37. The highest BCUT2D eigenvalue weighted by molar-refractivity contribution is 4.67. The van der Waals surface area contributed by atoms with Crippen molar-refractivity contribution in [3.8, 4) is 0 Å². The van der Waals surface area contributed by atoms with Crippen LogP contribution in [0.15, 0.2) is 12.7 Å². The fourth-order valence-corrected chi connectivity index (χ4v) is 1.18. The SMILES string of the molecule is C=CCCCN(CC)CCCO. The average molecular weight is 171 g/mol. The number of aliphatic hydroxyl groups is 1. The number of unbranched alkanes of at least 4 members (excludes halogenated alkanes) is 1. The van der Waals surface area contributed by atoms with Crippen LogP contribution in [0.1, 0.15) is 26.2 Å². The number of rotatable bonds is 8. The van der Waals surface area contributed by atoms with E-state index in [1.807, 2.05) is 6.08 Å². The van der Waals surface area contributed by atoms with E-state index in [0.29, 0.717) is 6.61 Å². The lowest BCUT2D eigenvalue weighted by molar-refractivity contribution is 0.229. The Hall–Kier alpha value is -0.340. The molecule has 0 saturated heterocycles. The predicted octanol–water partition coefficient (Wildman–Crippen LogP) is 1.66. The molecule has 72 valence electrons. The minimum atomic E-state index is 0.304. The van der Waals surface area contributed by atoms with E-state index in [1.165, 1.54) is 6.42 Å². The first-order valence-corrected chi connectivity index (χ1v) is 4.79. The summed E-state index contributed by atoms with van der Waals surface area (Å²) < 4.78 is 0. The highest BCUT2D eigenvalue weighted by Crippen LogP contribution is 1.96. The van der Waals surface area contributed by atoms with Gasteiger partial charge >= 0.3 is 0 Å². The summed E-state index contributed by atoms with van der Waals surface area (Å²) in [4.78, 5) is 2.36. The van der Waals surface area contributed by atoms with E-state index in [4.69, 9.17) is 5.11 Å². The Morgan fingerprint density at radius 3 is 2.50 bits per heavy atom. The molecule has 0 spiro atoms. The van der Waals surface area contributed by atoms with E-state index in [-0.39, 0.29) is 0 Å². The monoisotopic (exact) mass is 171 g/mol. The molecule has 0 amide bonds. The molecule has 0 aliphatic rings. The smallest absolute Gasteiger partial charge is 0.0443 e. The van der Waals surface area contributed by atoms with Crippen molar-refractivity contribution in [2.24, 2.45) is 0 Å². The van der Waals surface area contributed by atoms with Gasteiger partial charge in [-0.2, -0.15) is 0 Å².